The molecule has 1 unspecified atom stereocenters. The molecule has 1 amide bonds. The summed E-state index contributed by atoms with van der Waals surface area (Å²) in [6, 6.07) is 9.84. The van der Waals surface area contributed by atoms with Crippen LogP contribution in [0.5, 0.6) is 0 Å². The van der Waals surface area contributed by atoms with Gasteiger partial charge in [0.25, 0.3) is 5.91 Å². The van der Waals surface area contributed by atoms with Gasteiger partial charge in [-0.1, -0.05) is 18.2 Å². The quantitative estimate of drug-likeness (QED) is 0.807. The third-order valence-electron chi connectivity index (χ3n) is 4.25. The molecule has 24 heavy (non-hydrogen) atoms. The van der Waals surface area contributed by atoms with Crippen molar-refractivity contribution >= 4 is 33.3 Å². The Kier molecular flexibility index (Phi) is 4.84. The average Bonchev–Trinajstić information content (AvgIpc) is 2.97. The van der Waals surface area contributed by atoms with E-state index in [9.17, 15) is 14.7 Å². The van der Waals surface area contributed by atoms with Crippen molar-refractivity contribution in [1.29, 1.82) is 0 Å². The van der Waals surface area contributed by atoms with Gasteiger partial charge in [-0.25, -0.2) is 5.01 Å². The monoisotopic (exact) mass is 348 g/mol. The van der Waals surface area contributed by atoms with Crippen LogP contribution in [-0.4, -0.2) is 48.3 Å². The van der Waals surface area contributed by atoms with Crippen LogP contribution in [0, 0.1) is 5.41 Å². The molecule has 2 aromatic rings. The van der Waals surface area contributed by atoms with Crippen molar-refractivity contribution in [2.24, 2.45) is 5.41 Å². The van der Waals surface area contributed by atoms with Crippen molar-refractivity contribution < 1.29 is 19.4 Å². The summed E-state index contributed by atoms with van der Waals surface area (Å²) in [6.07, 6.45) is 0.165. The average molecular weight is 348 g/mol. The lowest BCUT2D eigenvalue weighted by atomic mass is 9.85. The molecule has 0 bridgehead atoms. The fraction of sp³-hybridized carbons (Fsp3) is 0.412. The van der Waals surface area contributed by atoms with Gasteiger partial charge in [-0.3, -0.25) is 15.0 Å². The molecule has 6 nitrogen and oxygen atoms in total. The van der Waals surface area contributed by atoms with Gasteiger partial charge in [-0.15, -0.1) is 11.3 Å². The molecule has 128 valence electrons. The maximum Gasteiger partial charge on any atom is 0.319 e. The van der Waals surface area contributed by atoms with E-state index in [2.05, 4.69) is 5.43 Å². The molecular weight excluding hydrogens is 328 g/mol. The van der Waals surface area contributed by atoms with E-state index in [-0.39, 0.29) is 6.42 Å². The highest BCUT2D eigenvalue weighted by Crippen LogP contribution is 2.31. The van der Waals surface area contributed by atoms with Crippen molar-refractivity contribution in [3.63, 3.8) is 0 Å². The zero-order valence-corrected chi connectivity index (χ0v) is 14.3. The summed E-state index contributed by atoms with van der Waals surface area (Å²) in [7, 11) is 0. The highest BCUT2D eigenvalue weighted by molar-refractivity contribution is 7.19. The van der Waals surface area contributed by atoms with Crippen LogP contribution in [0.2, 0.25) is 0 Å². The number of carbonyl (C=O) groups is 2. The number of hydrazine groups is 1. The molecule has 1 aromatic heterocycles. The largest absolute Gasteiger partial charge is 0.480 e. The molecule has 1 saturated heterocycles. The second kappa shape index (κ2) is 6.88. The van der Waals surface area contributed by atoms with E-state index in [0.29, 0.717) is 26.3 Å². The molecule has 1 aliphatic rings. The summed E-state index contributed by atoms with van der Waals surface area (Å²) in [4.78, 5) is 25.3. The first-order valence-electron chi connectivity index (χ1n) is 7.84. The number of morpholine rings is 1. The van der Waals surface area contributed by atoms with Gasteiger partial charge in [0.2, 0.25) is 0 Å². The Labute approximate surface area is 144 Å². The maximum atomic E-state index is 12.6. The maximum absolute atomic E-state index is 12.6. The molecule has 0 spiro atoms. The van der Waals surface area contributed by atoms with E-state index >= 15 is 0 Å². The van der Waals surface area contributed by atoms with Crippen molar-refractivity contribution in [1.82, 2.24) is 10.4 Å². The number of amides is 1. The second-order valence-corrected chi connectivity index (χ2v) is 7.27. The van der Waals surface area contributed by atoms with Gasteiger partial charge in [0, 0.05) is 29.1 Å². The summed E-state index contributed by atoms with van der Waals surface area (Å²) < 4.78 is 6.33. The summed E-state index contributed by atoms with van der Waals surface area (Å²) >= 11 is 1.53. The van der Waals surface area contributed by atoms with Crippen molar-refractivity contribution in [2.45, 2.75) is 13.3 Å². The zero-order valence-electron chi connectivity index (χ0n) is 13.4. The molecule has 7 heteroatoms. The number of carboxylic acids is 1. The van der Waals surface area contributed by atoms with Gasteiger partial charge in [-0.05, 0) is 24.4 Å². The first-order chi connectivity index (χ1) is 11.5. The molecule has 2 N–H and O–H groups in total. The summed E-state index contributed by atoms with van der Waals surface area (Å²) in [5, 5.41) is 12.5. The van der Waals surface area contributed by atoms with Crippen molar-refractivity contribution in [2.75, 3.05) is 26.3 Å². The third kappa shape index (κ3) is 3.43. The lowest BCUT2D eigenvalue weighted by molar-refractivity contribution is -0.157. The number of hydrogen-bond donors (Lipinski definition) is 2. The first kappa shape index (κ1) is 16.9. The Morgan fingerprint density at radius 3 is 2.71 bits per heavy atom. The molecule has 1 atom stereocenters. The van der Waals surface area contributed by atoms with E-state index in [1.807, 2.05) is 30.3 Å². The Morgan fingerprint density at radius 1 is 1.33 bits per heavy atom. The Hall–Kier alpha value is -1.96. The molecular formula is C17H20N2O4S. The molecule has 0 radical (unpaired) electrons. The number of nitrogens with zero attached hydrogens (tertiary/aromatic N) is 1. The van der Waals surface area contributed by atoms with Gasteiger partial charge >= 0.3 is 5.97 Å². The lowest BCUT2D eigenvalue weighted by Gasteiger charge is -2.31. The molecule has 0 saturated carbocycles. The molecule has 0 aliphatic carbocycles. The number of aliphatic carboxylic acids is 1. The topological polar surface area (TPSA) is 78.9 Å². The minimum atomic E-state index is -1.51. The number of nitrogens with one attached hydrogen (secondary N) is 1. The minimum Gasteiger partial charge on any atom is -0.480 e. The van der Waals surface area contributed by atoms with Crippen LogP contribution < -0.4 is 5.43 Å². The van der Waals surface area contributed by atoms with Crippen LogP contribution in [-0.2, 0) is 20.7 Å². The fourth-order valence-corrected chi connectivity index (χ4v) is 3.89. The summed E-state index contributed by atoms with van der Waals surface area (Å²) in [5.41, 5.74) is 1.22. The van der Waals surface area contributed by atoms with Gasteiger partial charge in [-0.2, -0.15) is 0 Å². The lowest BCUT2D eigenvalue weighted by Crippen LogP contribution is -2.55. The Bertz CT molecular complexity index is 721. The summed E-state index contributed by atoms with van der Waals surface area (Å²) in [5.74, 6) is -1.61. The highest BCUT2D eigenvalue weighted by atomic mass is 32.1. The van der Waals surface area contributed by atoms with E-state index in [1.165, 1.54) is 18.3 Å². The standard InChI is InChI=1S/C17H20N2O4S/c1-17(16(21)22,15(20)18-19-6-8-23-9-7-19)11-13-10-12-4-2-3-5-14(12)24-13/h2-5,10H,6-9,11H2,1H3,(H,18,20)(H,21,22). The number of carboxylic acid groups (broad SMARTS) is 1. The highest BCUT2D eigenvalue weighted by Gasteiger charge is 2.42. The van der Waals surface area contributed by atoms with E-state index in [4.69, 9.17) is 4.74 Å². The third-order valence-corrected chi connectivity index (χ3v) is 5.36. The van der Waals surface area contributed by atoms with E-state index in [0.717, 1.165) is 15.0 Å². The van der Waals surface area contributed by atoms with Gasteiger partial charge < -0.3 is 9.84 Å². The molecule has 1 aliphatic heterocycles. The SMILES string of the molecule is CC(Cc1cc2ccccc2s1)(C(=O)O)C(=O)NN1CCOCC1. The number of fused-ring (bicyclic) bond motifs is 1. The molecule has 3 rings (SSSR count). The second-order valence-electron chi connectivity index (χ2n) is 6.10. The van der Waals surface area contributed by atoms with Crippen LogP contribution in [0.3, 0.4) is 0 Å². The zero-order chi connectivity index (χ0) is 17.2. The van der Waals surface area contributed by atoms with Crippen LogP contribution in [0.15, 0.2) is 30.3 Å². The number of rotatable bonds is 5. The van der Waals surface area contributed by atoms with Crippen LogP contribution in [0.25, 0.3) is 10.1 Å². The Morgan fingerprint density at radius 2 is 2.04 bits per heavy atom. The number of carbonyl (C=O) groups excluding carboxylic acids is 1. The smallest absolute Gasteiger partial charge is 0.319 e. The number of benzene rings is 1. The number of hydrogen-bond acceptors (Lipinski definition) is 5. The predicted molar refractivity (Wildman–Crippen MR) is 91.8 cm³/mol. The molecule has 1 aromatic carbocycles. The fourth-order valence-electron chi connectivity index (χ4n) is 2.67. The molecule has 1 fully saturated rings. The minimum absolute atomic E-state index is 0.165. The number of ether oxygens (including phenoxy) is 1. The van der Waals surface area contributed by atoms with Crippen molar-refractivity contribution in [3.05, 3.63) is 35.2 Å². The van der Waals surface area contributed by atoms with Gasteiger partial charge in [0.05, 0.1) is 13.2 Å². The van der Waals surface area contributed by atoms with Crippen LogP contribution >= 0.6 is 11.3 Å². The first-order valence-corrected chi connectivity index (χ1v) is 8.65. The van der Waals surface area contributed by atoms with Crippen molar-refractivity contribution in [3.8, 4) is 0 Å². The summed E-state index contributed by atoms with van der Waals surface area (Å²) in [6.45, 7) is 3.66. The van der Waals surface area contributed by atoms with E-state index in [1.54, 1.807) is 5.01 Å². The Balaban J connectivity index is 1.78. The molecule has 2 heterocycles. The van der Waals surface area contributed by atoms with Gasteiger partial charge in [0.15, 0.2) is 0 Å². The van der Waals surface area contributed by atoms with Crippen LogP contribution in [0.4, 0.5) is 0 Å². The van der Waals surface area contributed by atoms with Gasteiger partial charge in [0.1, 0.15) is 5.41 Å². The predicted octanol–water partition coefficient (Wildman–Crippen LogP) is 1.90. The van der Waals surface area contributed by atoms with Crippen LogP contribution in [0.1, 0.15) is 11.8 Å². The number of thiophene rings is 1. The van der Waals surface area contributed by atoms with E-state index < -0.39 is 17.3 Å². The normalized spacial score (nSPS) is 18.2.